The quantitative estimate of drug-likeness (QED) is 0.815. The lowest BCUT2D eigenvalue weighted by Crippen LogP contribution is -2.28. The van der Waals surface area contributed by atoms with Gasteiger partial charge in [0.1, 0.15) is 0 Å². The molecule has 0 aromatic heterocycles. The average molecular weight is 258 g/mol. The summed E-state index contributed by atoms with van der Waals surface area (Å²) in [7, 11) is 0. The lowest BCUT2D eigenvalue weighted by molar-refractivity contribution is 0.286. The fourth-order valence-electron chi connectivity index (χ4n) is 2.37. The fourth-order valence-corrected chi connectivity index (χ4v) is 2.37. The maximum atomic E-state index is 3.48. The van der Waals surface area contributed by atoms with Crippen molar-refractivity contribution < 1.29 is 0 Å². The van der Waals surface area contributed by atoms with Crippen LogP contribution in [0.1, 0.15) is 38.3 Å². The molecule has 0 bridgehead atoms. The molecule has 1 heterocycles. The number of benzene rings is 1. The number of hydrogen-bond acceptors (Lipinski definition) is 2. The SMILES string of the molecule is CC1=CCN(Cc2cccc(CNC(C)C)c2)CC1. The molecule has 1 aromatic rings. The van der Waals surface area contributed by atoms with Crippen molar-refractivity contribution in [3.05, 3.63) is 47.0 Å². The van der Waals surface area contributed by atoms with Gasteiger partial charge in [-0.15, -0.1) is 0 Å². The first kappa shape index (κ1) is 14.3. The van der Waals surface area contributed by atoms with Crippen molar-refractivity contribution in [3.8, 4) is 0 Å². The largest absolute Gasteiger partial charge is 0.310 e. The number of hydrogen-bond donors (Lipinski definition) is 1. The Bertz CT molecular complexity index is 435. The summed E-state index contributed by atoms with van der Waals surface area (Å²) in [6, 6.07) is 9.50. The van der Waals surface area contributed by atoms with Gasteiger partial charge in [-0.25, -0.2) is 0 Å². The molecule has 0 spiro atoms. The summed E-state index contributed by atoms with van der Waals surface area (Å²) >= 11 is 0. The molecule has 2 nitrogen and oxygen atoms in total. The maximum absolute atomic E-state index is 3.48. The molecule has 2 rings (SSSR count). The Morgan fingerprint density at radius 3 is 2.74 bits per heavy atom. The topological polar surface area (TPSA) is 15.3 Å². The minimum absolute atomic E-state index is 0.541. The Labute approximate surface area is 117 Å². The summed E-state index contributed by atoms with van der Waals surface area (Å²) in [4.78, 5) is 2.52. The predicted octanol–water partition coefficient (Wildman–Crippen LogP) is 3.34. The molecule has 1 aliphatic rings. The molecular weight excluding hydrogens is 232 g/mol. The summed E-state index contributed by atoms with van der Waals surface area (Å²) in [5.41, 5.74) is 4.34. The molecule has 0 amide bonds. The first-order valence-electron chi connectivity index (χ1n) is 7.32. The third-order valence-corrected chi connectivity index (χ3v) is 3.63. The second-order valence-electron chi connectivity index (χ2n) is 5.89. The Kier molecular flexibility index (Phi) is 5.17. The number of nitrogens with one attached hydrogen (secondary N) is 1. The van der Waals surface area contributed by atoms with Gasteiger partial charge in [0.15, 0.2) is 0 Å². The zero-order valence-corrected chi connectivity index (χ0v) is 12.4. The highest BCUT2D eigenvalue weighted by molar-refractivity contribution is 5.23. The van der Waals surface area contributed by atoms with Gasteiger partial charge >= 0.3 is 0 Å². The zero-order valence-electron chi connectivity index (χ0n) is 12.4. The molecule has 2 heteroatoms. The molecule has 0 atom stereocenters. The molecule has 0 saturated heterocycles. The van der Waals surface area contributed by atoms with E-state index in [2.05, 4.69) is 61.3 Å². The average Bonchev–Trinajstić information content (AvgIpc) is 2.40. The molecule has 0 radical (unpaired) electrons. The Morgan fingerprint density at radius 1 is 1.26 bits per heavy atom. The van der Waals surface area contributed by atoms with Gasteiger partial charge in [-0.1, -0.05) is 49.8 Å². The third-order valence-electron chi connectivity index (χ3n) is 3.63. The minimum Gasteiger partial charge on any atom is -0.310 e. The van der Waals surface area contributed by atoms with Crippen LogP contribution >= 0.6 is 0 Å². The van der Waals surface area contributed by atoms with Crippen LogP contribution in [0.25, 0.3) is 0 Å². The Morgan fingerprint density at radius 2 is 2.05 bits per heavy atom. The van der Waals surface area contributed by atoms with Crippen molar-refractivity contribution in [2.45, 2.75) is 46.3 Å². The fraction of sp³-hybridized carbons (Fsp3) is 0.529. The number of nitrogens with zero attached hydrogens (tertiary/aromatic N) is 1. The van der Waals surface area contributed by atoms with Gasteiger partial charge < -0.3 is 5.32 Å². The monoisotopic (exact) mass is 258 g/mol. The molecule has 1 aromatic carbocycles. The van der Waals surface area contributed by atoms with E-state index < -0.39 is 0 Å². The molecule has 19 heavy (non-hydrogen) atoms. The van der Waals surface area contributed by atoms with E-state index in [4.69, 9.17) is 0 Å². The molecule has 1 N–H and O–H groups in total. The van der Waals surface area contributed by atoms with Crippen LogP contribution in [0.15, 0.2) is 35.9 Å². The normalized spacial score (nSPS) is 16.7. The Hall–Kier alpha value is -1.12. The lowest BCUT2D eigenvalue weighted by Gasteiger charge is -2.25. The zero-order chi connectivity index (χ0) is 13.7. The summed E-state index contributed by atoms with van der Waals surface area (Å²) in [5.74, 6) is 0. The standard InChI is InChI=1S/C17H26N2/c1-14(2)18-12-16-5-4-6-17(11-16)13-19-9-7-15(3)8-10-19/h4-7,11,14,18H,8-10,12-13H2,1-3H3. The molecular formula is C17H26N2. The van der Waals surface area contributed by atoms with Gasteiger partial charge in [0, 0.05) is 32.2 Å². The van der Waals surface area contributed by atoms with Gasteiger partial charge in [-0.05, 0) is 24.5 Å². The van der Waals surface area contributed by atoms with Crippen LogP contribution in [0.2, 0.25) is 0 Å². The van der Waals surface area contributed by atoms with Crippen molar-refractivity contribution in [2.24, 2.45) is 0 Å². The predicted molar refractivity (Wildman–Crippen MR) is 82.1 cm³/mol. The second-order valence-corrected chi connectivity index (χ2v) is 5.89. The molecule has 0 aliphatic carbocycles. The Balaban J connectivity index is 1.91. The van der Waals surface area contributed by atoms with E-state index in [1.807, 2.05) is 0 Å². The first-order valence-corrected chi connectivity index (χ1v) is 7.32. The number of rotatable bonds is 5. The highest BCUT2D eigenvalue weighted by Crippen LogP contribution is 2.14. The summed E-state index contributed by atoms with van der Waals surface area (Å²) in [6.07, 6.45) is 3.57. The van der Waals surface area contributed by atoms with Gasteiger partial charge in [0.2, 0.25) is 0 Å². The van der Waals surface area contributed by atoms with Crippen LogP contribution in [-0.2, 0) is 13.1 Å². The molecule has 0 saturated carbocycles. The van der Waals surface area contributed by atoms with Crippen molar-refractivity contribution in [3.63, 3.8) is 0 Å². The maximum Gasteiger partial charge on any atom is 0.0237 e. The van der Waals surface area contributed by atoms with E-state index in [1.54, 1.807) is 0 Å². The van der Waals surface area contributed by atoms with Gasteiger partial charge in [0.05, 0.1) is 0 Å². The van der Waals surface area contributed by atoms with E-state index in [0.29, 0.717) is 6.04 Å². The summed E-state index contributed by atoms with van der Waals surface area (Å²) in [5, 5.41) is 3.48. The van der Waals surface area contributed by atoms with Crippen LogP contribution < -0.4 is 5.32 Å². The lowest BCUT2D eigenvalue weighted by atomic mass is 10.1. The smallest absolute Gasteiger partial charge is 0.0237 e. The highest BCUT2D eigenvalue weighted by atomic mass is 15.1. The molecule has 0 fully saturated rings. The van der Waals surface area contributed by atoms with E-state index in [-0.39, 0.29) is 0 Å². The van der Waals surface area contributed by atoms with E-state index >= 15 is 0 Å². The molecule has 0 unspecified atom stereocenters. The van der Waals surface area contributed by atoms with Crippen LogP contribution in [0.3, 0.4) is 0 Å². The van der Waals surface area contributed by atoms with E-state index in [0.717, 1.165) is 19.6 Å². The van der Waals surface area contributed by atoms with Crippen LogP contribution in [-0.4, -0.2) is 24.0 Å². The third kappa shape index (κ3) is 4.81. The minimum atomic E-state index is 0.541. The van der Waals surface area contributed by atoms with Gasteiger partial charge in [-0.3, -0.25) is 4.90 Å². The van der Waals surface area contributed by atoms with E-state index in [1.165, 1.54) is 29.7 Å². The molecule has 1 aliphatic heterocycles. The summed E-state index contributed by atoms with van der Waals surface area (Å²) < 4.78 is 0. The van der Waals surface area contributed by atoms with Crippen molar-refractivity contribution in [1.29, 1.82) is 0 Å². The van der Waals surface area contributed by atoms with Gasteiger partial charge in [-0.2, -0.15) is 0 Å². The van der Waals surface area contributed by atoms with Crippen molar-refractivity contribution in [1.82, 2.24) is 10.2 Å². The van der Waals surface area contributed by atoms with Crippen LogP contribution in [0, 0.1) is 0 Å². The molecule has 104 valence electrons. The highest BCUT2D eigenvalue weighted by Gasteiger charge is 2.09. The van der Waals surface area contributed by atoms with Crippen LogP contribution in [0.4, 0.5) is 0 Å². The van der Waals surface area contributed by atoms with Crippen molar-refractivity contribution in [2.75, 3.05) is 13.1 Å². The second kappa shape index (κ2) is 6.88. The van der Waals surface area contributed by atoms with Crippen molar-refractivity contribution >= 4 is 0 Å². The first-order chi connectivity index (χ1) is 9.13. The summed E-state index contributed by atoms with van der Waals surface area (Å²) in [6.45, 7) is 10.9. The van der Waals surface area contributed by atoms with Crippen LogP contribution in [0.5, 0.6) is 0 Å². The van der Waals surface area contributed by atoms with Gasteiger partial charge in [0.25, 0.3) is 0 Å². The van der Waals surface area contributed by atoms with E-state index in [9.17, 15) is 0 Å².